The Kier molecular flexibility index (Phi) is 6.46. The molecule has 26 heavy (non-hydrogen) atoms. The molecule has 2 N–H and O–H groups in total. The zero-order chi connectivity index (χ0) is 19.5. The molecule has 0 saturated carbocycles. The zero-order valence-corrected chi connectivity index (χ0v) is 15.3. The van der Waals surface area contributed by atoms with Gasteiger partial charge >= 0.3 is 6.18 Å². The van der Waals surface area contributed by atoms with Crippen LogP contribution in [0.2, 0.25) is 0 Å². The molecule has 1 amide bonds. The second kappa shape index (κ2) is 8.22. The van der Waals surface area contributed by atoms with Crippen LogP contribution in [0.5, 0.6) is 5.75 Å². The molecular formula is C17H21F3N2O3S. The normalized spacial score (nSPS) is 17.3. The first-order chi connectivity index (χ1) is 12.2. The number of likely N-dealkylation sites (tertiary alicyclic amines) is 1. The van der Waals surface area contributed by atoms with Crippen LogP contribution in [-0.4, -0.2) is 40.7 Å². The maximum atomic E-state index is 13.5. The van der Waals surface area contributed by atoms with E-state index < -0.39 is 23.7 Å². The average molecular weight is 390 g/mol. The van der Waals surface area contributed by atoms with Crippen molar-refractivity contribution in [3.8, 4) is 5.75 Å². The molecule has 1 aliphatic heterocycles. The van der Waals surface area contributed by atoms with Crippen molar-refractivity contribution in [2.75, 3.05) is 13.7 Å². The summed E-state index contributed by atoms with van der Waals surface area (Å²) in [4.78, 5) is 13.5. The van der Waals surface area contributed by atoms with Crippen LogP contribution in [-0.2, 0) is 17.4 Å². The van der Waals surface area contributed by atoms with Crippen LogP contribution in [0.25, 0.3) is 0 Å². The highest BCUT2D eigenvalue weighted by Crippen LogP contribution is 2.40. The van der Waals surface area contributed by atoms with Crippen molar-refractivity contribution >= 4 is 23.1 Å². The van der Waals surface area contributed by atoms with Gasteiger partial charge in [-0.3, -0.25) is 10.0 Å². The fourth-order valence-electron chi connectivity index (χ4n) is 3.24. The van der Waals surface area contributed by atoms with Crippen LogP contribution < -0.4 is 10.2 Å². The first-order valence-corrected chi connectivity index (χ1v) is 8.68. The Morgan fingerprint density at radius 1 is 1.46 bits per heavy atom. The number of methoxy groups -OCH3 is 1. The van der Waals surface area contributed by atoms with Gasteiger partial charge in [0.15, 0.2) is 0 Å². The van der Waals surface area contributed by atoms with Gasteiger partial charge in [0.25, 0.3) is 5.91 Å². The van der Waals surface area contributed by atoms with Crippen molar-refractivity contribution in [2.24, 2.45) is 0 Å². The second-order valence-corrected chi connectivity index (χ2v) is 6.48. The summed E-state index contributed by atoms with van der Waals surface area (Å²) in [5.74, 6) is -0.819. The van der Waals surface area contributed by atoms with Crippen LogP contribution in [0.3, 0.4) is 0 Å². The number of hydrogen-bond donors (Lipinski definition) is 2. The first kappa shape index (κ1) is 20.4. The molecule has 1 saturated heterocycles. The number of hydrogen-bond acceptors (Lipinski definition) is 4. The molecule has 2 rings (SSSR count). The molecular weight excluding hydrogens is 369 g/mol. The molecule has 1 atom stereocenters. The summed E-state index contributed by atoms with van der Waals surface area (Å²) in [5.41, 5.74) is 1.34. The number of nitrogens with one attached hydrogen (secondary N) is 1. The highest BCUT2D eigenvalue weighted by Gasteiger charge is 2.38. The Morgan fingerprint density at radius 3 is 2.69 bits per heavy atom. The molecule has 0 radical (unpaired) electrons. The number of ether oxygens (including phenoxy) is 1. The van der Waals surface area contributed by atoms with Crippen LogP contribution in [0.1, 0.15) is 42.9 Å². The number of aryl methyl sites for hydroxylation is 1. The van der Waals surface area contributed by atoms with Crippen molar-refractivity contribution in [1.29, 1.82) is 0 Å². The Labute approximate surface area is 155 Å². The van der Waals surface area contributed by atoms with E-state index in [0.29, 0.717) is 37.8 Å². The first-order valence-electron chi connectivity index (χ1n) is 8.27. The fraction of sp³-hybridized carbons (Fsp3) is 0.529. The number of rotatable bonds is 5. The number of carbonyl (C=O) groups is 1. The smallest absolute Gasteiger partial charge is 0.419 e. The van der Waals surface area contributed by atoms with E-state index in [1.165, 1.54) is 7.11 Å². The van der Waals surface area contributed by atoms with Gasteiger partial charge in [0.1, 0.15) is 16.8 Å². The monoisotopic (exact) mass is 390 g/mol. The number of alkyl halides is 3. The number of thiocarbonyl (C=S) groups is 1. The SMILES string of the molecule is CCCc1cc(C(=S)N2CCCC2C(=O)NO)cc(C(F)(F)F)c1OC. The number of amides is 1. The highest BCUT2D eigenvalue weighted by molar-refractivity contribution is 7.80. The lowest BCUT2D eigenvalue weighted by molar-refractivity contribution is -0.139. The van der Waals surface area contributed by atoms with Gasteiger partial charge in [-0.1, -0.05) is 25.6 Å². The summed E-state index contributed by atoms with van der Waals surface area (Å²) in [7, 11) is 1.21. The third-order valence-corrected chi connectivity index (χ3v) is 4.84. The van der Waals surface area contributed by atoms with E-state index in [1.807, 2.05) is 6.92 Å². The maximum Gasteiger partial charge on any atom is 0.419 e. The van der Waals surface area contributed by atoms with Crippen molar-refractivity contribution in [3.05, 3.63) is 28.8 Å². The minimum Gasteiger partial charge on any atom is -0.496 e. The molecule has 5 nitrogen and oxygen atoms in total. The lowest BCUT2D eigenvalue weighted by Crippen LogP contribution is -2.44. The highest BCUT2D eigenvalue weighted by atomic mass is 32.1. The summed E-state index contributed by atoms with van der Waals surface area (Å²) >= 11 is 5.39. The Hall–Kier alpha value is -1.87. The van der Waals surface area contributed by atoms with Gasteiger partial charge in [0.2, 0.25) is 0 Å². The zero-order valence-electron chi connectivity index (χ0n) is 14.5. The molecule has 0 aromatic heterocycles. The van der Waals surface area contributed by atoms with E-state index in [9.17, 15) is 18.0 Å². The van der Waals surface area contributed by atoms with Crippen LogP contribution in [0.15, 0.2) is 12.1 Å². The Morgan fingerprint density at radius 2 is 2.15 bits per heavy atom. The van der Waals surface area contributed by atoms with E-state index in [-0.39, 0.29) is 16.3 Å². The van der Waals surface area contributed by atoms with E-state index >= 15 is 0 Å². The molecule has 0 spiro atoms. The third-order valence-electron chi connectivity index (χ3n) is 4.37. The average Bonchev–Trinajstić information content (AvgIpc) is 3.08. The van der Waals surface area contributed by atoms with Crippen molar-refractivity contribution in [2.45, 2.75) is 44.8 Å². The number of halogens is 3. The summed E-state index contributed by atoms with van der Waals surface area (Å²) < 4.78 is 45.5. The van der Waals surface area contributed by atoms with E-state index in [4.69, 9.17) is 22.2 Å². The Balaban J connectivity index is 2.49. The minimum atomic E-state index is -4.59. The summed E-state index contributed by atoms with van der Waals surface area (Å²) in [6.45, 7) is 2.30. The molecule has 9 heteroatoms. The molecule has 144 valence electrons. The summed E-state index contributed by atoms with van der Waals surface area (Å²) in [6.07, 6.45) is -2.42. The number of nitrogens with zero attached hydrogens (tertiary/aromatic N) is 1. The molecule has 1 heterocycles. The lowest BCUT2D eigenvalue weighted by Gasteiger charge is -2.27. The van der Waals surface area contributed by atoms with Gasteiger partial charge < -0.3 is 9.64 Å². The van der Waals surface area contributed by atoms with Crippen molar-refractivity contribution in [1.82, 2.24) is 10.4 Å². The molecule has 1 aromatic rings. The number of benzene rings is 1. The van der Waals surface area contributed by atoms with Crippen molar-refractivity contribution < 1.29 is 27.9 Å². The molecule has 0 aliphatic carbocycles. The fourth-order valence-corrected chi connectivity index (χ4v) is 3.58. The molecule has 1 unspecified atom stereocenters. The van der Waals surface area contributed by atoms with Gasteiger partial charge in [0, 0.05) is 12.1 Å². The van der Waals surface area contributed by atoms with Crippen LogP contribution in [0, 0.1) is 0 Å². The molecule has 0 bridgehead atoms. The van der Waals surface area contributed by atoms with Gasteiger partial charge in [-0.25, -0.2) is 5.48 Å². The topological polar surface area (TPSA) is 61.8 Å². The predicted octanol–water partition coefficient (Wildman–Crippen LogP) is 3.31. The largest absolute Gasteiger partial charge is 0.496 e. The van der Waals surface area contributed by atoms with E-state index in [2.05, 4.69) is 0 Å². The maximum absolute atomic E-state index is 13.5. The standard InChI is InChI=1S/C17H21F3N2O3S/c1-3-5-10-8-11(9-12(14(10)25-2)17(18,19)20)16(26)22-7-4-6-13(22)15(23)21-24/h8-9,13,24H,3-7H2,1-2H3,(H,21,23). The lowest BCUT2D eigenvalue weighted by atomic mass is 9.99. The van der Waals surface area contributed by atoms with Gasteiger partial charge in [-0.2, -0.15) is 13.2 Å². The van der Waals surface area contributed by atoms with Crippen LogP contribution >= 0.6 is 12.2 Å². The van der Waals surface area contributed by atoms with Gasteiger partial charge in [0.05, 0.1) is 12.7 Å². The molecule has 1 aliphatic rings. The minimum absolute atomic E-state index is 0.154. The summed E-state index contributed by atoms with van der Waals surface area (Å²) in [5, 5.41) is 8.86. The van der Waals surface area contributed by atoms with Crippen molar-refractivity contribution in [3.63, 3.8) is 0 Å². The van der Waals surface area contributed by atoms with E-state index in [1.54, 1.807) is 16.4 Å². The van der Waals surface area contributed by atoms with Gasteiger partial charge in [-0.05, 0) is 37.0 Å². The summed E-state index contributed by atoms with van der Waals surface area (Å²) in [6, 6.07) is 1.86. The molecule has 1 aromatic carbocycles. The second-order valence-electron chi connectivity index (χ2n) is 6.10. The van der Waals surface area contributed by atoms with Crippen LogP contribution in [0.4, 0.5) is 13.2 Å². The predicted molar refractivity (Wildman–Crippen MR) is 93.3 cm³/mol. The number of hydroxylamine groups is 1. The van der Waals surface area contributed by atoms with Gasteiger partial charge in [-0.15, -0.1) is 0 Å². The number of carbonyl (C=O) groups excluding carboxylic acids is 1. The Bertz CT molecular complexity index is 695. The molecule has 1 fully saturated rings. The third kappa shape index (κ3) is 4.09. The quantitative estimate of drug-likeness (QED) is 0.459. The van der Waals surface area contributed by atoms with E-state index in [0.717, 1.165) is 6.07 Å².